The molecule has 1 heterocycles. The summed E-state index contributed by atoms with van der Waals surface area (Å²) in [7, 11) is 1.26. The number of ether oxygens (including phenoxy) is 2. The molecule has 2 aromatic rings. The number of nitrogens with zero attached hydrogens (tertiary/aromatic N) is 1. The molecular weight excluding hydrogens is 466 g/mol. The van der Waals surface area contributed by atoms with Crippen molar-refractivity contribution in [2.24, 2.45) is 0 Å². The zero-order valence-corrected chi connectivity index (χ0v) is 18.2. The third-order valence-electron chi connectivity index (χ3n) is 4.30. The molecule has 3 amide bonds. The van der Waals surface area contributed by atoms with E-state index in [0.717, 1.165) is 22.2 Å². The second kappa shape index (κ2) is 10.5. The van der Waals surface area contributed by atoms with Gasteiger partial charge in [-0.1, -0.05) is 23.7 Å². The minimum absolute atomic E-state index is 0.00268. The highest BCUT2D eigenvalue weighted by Gasteiger charge is 2.34. The molecule has 3 rings (SSSR count). The summed E-state index contributed by atoms with van der Waals surface area (Å²) in [6.07, 6.45) is 1.59. The van der Waals surface area contributed by atoms with Crippen molar-refractivity contribution in [3.05, 3.63) is 63.5 Å². The number of benzene rings is 2. The first-order chi connectivity index (χ1) is 15.3. The molecule has 1 aliphatic rings. The molecule has 1 fully saturated rings. The van der Waals surface area contributed by atoms with Crippen molar-refractivity contribution < 1.29 is 32.6 Å². The molecule has 0 unspecified atom stereocenters. The minimum Gasteiger partial charge on any atom is -0.493 e. The number of halogens is 3. The zero-order chi connectivity index (χ0) is 23.3. The molecule has 0 spiro atoms. The van der Waals surface area contributed by atoms with Crippen molar-refractivity contribution in [2.45, 2.75) is 6.61 Å². The number of hydrogen-bond donors (Lipinski definition) is 1. The Balaban J connectivity index is 1.59. The average molecular weight is 483 g/mol. The fraction of sp³-hybridized carbons (Fsp3) is 0.190. The minimum atomic E-state index is -3.03. The summed E-state index contributed by atoms with van der Waals surface area (Å²) in [5, 5.41) is 2.69. The van der Waals surface area contributed by atoms with E-state index >= 15 is 0 Å². The number of alkyl halides is 2. The van der Waals surface area contributed by atoms with E-state index < -0.39 is 23.7 Å². The highest BCUT2D eigenvalue weighted by atomic mass is 35.5. The molecule has 0 aromatic heterocycles. The third kappa shape index (κ3) is 5.77. The largest absolute Gasteiger partial charge is 0.493 e. The number of imide groups is 1. The predicted molar refractivity (Wildman–Crippen MR) is 116 cm³/mol. The van der Waals surface area contributed by atoms with E-state index in [1.807, 2.05) is 0 Å². The summed E-state index contributed by atoms with van der Waals surface area (Å²) < 4.78 is 34.1. The second-order valence-corrected chi connectivity index (χ2v) is 7.81. The summed E-state index contributed by atoms with van der Waals surface area (Å²) in [6.45, 7) is -3.06. The van der Waals surface area contributed by atoms with Crippen molar-refractivity contribution in [1.82, 2.24) is 10.2 Å². The number of carbonyl (C=O) groups is 3. The fourth-order valence-corrected chi connectivity index (χ4v) is 3.78. The summed E-state index contributed by atoms with van der Waals surface area (Å²) in [6, 6.07) is 10.5. The molecule has 0 bridgehead atoms. The third-order valence-corrected chi connectivity index (χ3v) is 5.46. The molecule has 2 aromatic carbocycles. The van der Waals surface area contributed by atoms with Gasteiger partial charge in [-0.2, -0.15) is 8.78 Å². The Morgan fingerprint density at radius 3 is 2.56 bits per heavy atom. The normalized spacial score (nSPS) is 14.9. The highest BCUT2D eigenvalue weighted by molar-refractivity contribution is 8.18. The van der Waals surface area contributed by atoms with Crippen LogP contribution >= 0.6 is 23.4 Å². The summed E-state index contributed by atoms with van der Waals surface area (Å²) in [5.74, 6) is -1.23. The molecule has 11 heteroatoms. The van der Waals surface area contributed by atoms with Gasteiger partial charge >= 0.3 is 6.61 Å². The Hall–Kier alpha value is -3.11. The number of thioether (sulfide) groups is 1. The van der Waals surface area contributed by atoms with Crippen LogP contribution in [0.3, 0.4) is 0 Å². The highest BCUT2D eigenvalue weighted by Crippen LogP contribution is 2.32. The van der Waals surface area contributed by atoms with Crippen LogP contribution < -0.4 is 14.8 Å². The number of methoxy groups -OCH3 is 1. The number of hydrogen-bond acceptors (Lipinski definition) is 6. The van der Waals surface area contributed by atoms with Gasteiger partial charge in [0.2, 0.25) is 0 Å². The molecular formula is C21H17ClF2N2O5S. The SMILES string of the molecule is COc1cc(C(=O)NCCN2C(=O)S/C(=C\c3ccc(Cl)cc3)C2=O)ccc1OC(F)F. The Morgan fingerprint density at radius 2 is 1.91 bits per heavy atom. The van der Waals surface area contributed by atoms with E-state index in [1.165, 1.54) is 25.3 Å². The number of nitrogens with one attached hydrogen (secondary N) is 1. The van der Waals surface area contributed by atoms with Gasteiger partial charge < -0.3 is 14.8 Å². The molecule has 1 saturated heterocycles. The Bertz CT molecular complexity index is 1060. The lowest BCUT2D eigenvalue weighted by Crippen LogP contribution is -2.37. The van der Waals surface area contributed by atoms with Crippen LogP contribution in [0.15, 0.2) is 47.4 Å². The van der Waals surface area contributed by atoms with Crippen molar-refractivity contribution in [3.63, 3.8) is 0 Å². The first-order valence-electron chi connectivity index (χ1n) is 9.20. The number of carbonyl (C=O) groups excluding carboxylic acids is 3. The molecule has 32 heavy (non-hydrogen) atoms. The molecule has 0 radical (unpaired) electrons. The lowest BCUT2D eigenvalue weighted by Gasteiger charge is -2.14. The maximum Gasteiger partial charge on any atom is 0.387 e. The van der Waals surface area contributed by atoms with Crippen LogP contribution in [0.25, 0.3) is 6.08 Å². The van der Waals surface area contributed by atoms with Crippen LogP contribution in [0.1, 0.15) is 15.9 Å². The van der Waals surface area contributed by atoms with E-state index in [9.17, 15) is 23.2 Å². The monoisotopic (exact) mass is 482 g/mol. The first-order valence-corrected chi connectivity index (χ1v) is 10.4. The van der Waals surface area contributed by atoms with Gasteiger partial charge in [0.25, 0.3) is 17.1 Å². The Morgan fingerprint density at radius 1 is 1.19 bits per heavy atom. The van der Waals surface area contributed by atoms with E-state index in [4.69, 9.17) is 16.3 Å². The topological polar surface area (TPSA) is 84.9 Å². The fourth-order valence-electron chi connectivity index (χ4n) is 2.79. The molecule has 168 valence electrons. The van der Waals surface area contributed by atoms with Gasteiger partial charge in [0.05, 0.1) is 12.0 Å². The number of rotatable bonds is 8. The van der Waals surface area contributed by atoms with E-state index in [2.05, 4.69) is 10.1 Å². The Labute approximate surface area is 191 Å². The standard InChI is InChI=1S/C21H17ClF2N2O5S/c1-30-16-11-13(4-7-15(16)31-20(23)24)18(27)25-8-9-26-19(28)17(32-21(26)29)10-12-2-5-14(22)6-3-12/h2-7,10-11,20H,8-9H2,1H3,(H,25,27)/b17-10-. The van der Waals surface area contributed by atoms with E-state index in [-0.39, 0.29) is 35.1 Å². The van der Waals surface area contributed by atoms with Gasteiger partial charge in [-0.25, -0.2) is 0 Å². The molecule has 7 nitrogen and oxygen atoms in total. The van der Waals surface area contributed by atoms with Gasteiger partial charge in [-0.3, -0.25) is 19.3 Å². The van der Waals surface area contributed by atoms with Gasteiger partial charge in [0.1, 0.15) is 0 Å². The van der Waals surface area contributed by atoms with Gasteiger partial charge in [0, 0.05) is 23.7 Å². The molecule has 0 aliphatic carbocycles. The van der Waals surface area contributed by atoms with Crippen LogP contribution in [0.4, 0.5) is 13.6 Å². The molecule has 0 saturated carbocycles. The maximum atomic E-state index is 12.5. The van der Waals surface area contributed by atoms with E-state index in [0.29, 0.717) is 5.02 Å². The second-order valence-electron chi connectivity index (χ2n) is 6.38. The summed E-state index contributed by atoms with van der Waals surface area (Å²) in [4.78, 5) is 38.4. The zero-order valence-electron chi connectivity index (χ0n) is 16.6. The first kappa shape index (κ1) is 23.6. The van der Waals surface area contributed by atoms with Crippen molar-refractivity contribution >= 4 is 46.5 Å². The van der Waals surface area contributed by atoms with Gasteiger partial charge in [0.15, 0.2) is 11.5 Å². The smallest absolute Gasteiger partial charge is 0.387 e. The number of amides is 3. The van der Waals surface area contributed by atoms with E-state index in [1.54, 1.807) is 30.3 Å². The van der Waals surface area contributed by atoms with Crippen LogP contribution in [-0.4, -0.2) is 48.8 Å². The van der Waals surface area contributed by atoms with Crippen molar-refractivity contribution in [1.29, 1.82) is 0 Å². The summed E-state index contributed by atoms with van der Waals surface area (Å²) in [5.41, 5.74) is 0.863. The lowest BCUT2D eigenvalue weighted by molar-refractivity contribution is -0.122. The van der Waals surface area contributed by atoms with Gasteiger partial charge in [-0.05, 0) is 53.7 Å². The van der Waals surface area contributed by atoms with Crippen LogP contribution in [0.2, 0.25) is 5.02 Å². The van der Waals surface area contributed by atoms with Crippen LogP contribution in [0, 0.1) is 0 Å². The predicted octanol–water partition coefficient (Wildman–Crippen LogP) is 4.42. The van der Waals surface area contributed by atoms with Crippen LogP contribution in [0.5, 0.6) is 11.5 Å². The maximum absolute atomic E-state index is 12.5. The lowest BCUT2D eigenvalue weighted by atomic mass is 10.2. The van der Waals surface area contributed by atoms with Crippen molar-refractivity contribution in [3.8, 4) is 11.5 Å². The Kier molecular flexibility index (Phi) is 7.70. The van der Waals surface area contributed by atoms with Crippen LogP contribution in [-0.2, 0) is 4.79 Å². The van der Waals surface area contributed by atoms with Crippen molar-refractivity contribution in [2.75, 3.05) is 20.2 Å². The molecule has 1 N–H and O–H groups in total. The molecule has 0 atom stereocenters. The summed E-state index contributed by atoms with van der Waals surface area (Å²) >= 11 is 6.65. The quantitative estimate of drug-likeness (QED) is 0.561. The average Bonchev–Trinajstić information content (AvgIpc) is 3.02. The molecule has 1 aliphatic heterocycles. The van der Waals surface area contributed by atoms with Gasteiger partial charge in [-0.15, -0.1) is 0 Å².